The van der Waals surface area contributed by atoms with E-state index in [0.29, 0.717) is 22.2 Å². The number of aromatic nitrogens is 1. The van der Waals surface area contributed by atoms with E-state index in [1.807, 2.05) is 0 Å². The fourth-order valence-corrected chi connectivity index (χ4v) is 2.43. The largest absolute Gasteiger partial charge is 0.490 e. The highest BCUT2D eigenvalue weighted by Gasteiger charge is 2.28. The van der Waals surface area contributed by atoms with Crippen LogP contribution in [0.25, 0.3) is 10.9 Å². The van der Waals surface area contributed by atoms with Crippen LogP contribution in [0, 0.1) is 17.0 Å². The smallest absolute Gasteiger partial charge is 0.354 e. The predicted octanol–water partition coefficient (Wildman–Crippen LogP) is 2.19. The number of benzene rings is 1. The molecule has 1 aromatic carbocycles. The second kappa shape index (κ2) is 4.84. The normalized spacial score (nSPS) is 10.6. The Balaban J connectivity index is 2.95. The lowest BCUT2D eigenvalue weighted by Crippen LogP contribution is -2.08. The first-order valence-electron chi connectivity index (χ1n) is 5.82. The lowest BCUT2D eigenvalue weighted by atomic mass is 10.1. The number of aryl methyl sites for hydroxylation is 2. The molecule has 0 amide bonds. The molecule has 0 aliphatic rings. The summed E-state index contributed by atoms with van der Waals surface area (Å²) in [5, 5.41) is 11.7. The highest BCUT2D eigenvalue weighted by molar-refractivity contribution is 6.03. The number of carbonyl (C=O) groups excluding carboxylic acids is 1. The molecule has 0 saturated heterocycles. The molecule has 0 aliphatic carbocycles. The minimum atomic E-state index is -0.533. The summed E-state index contributed by atoms with van der Waals surface area (Å²) in [6.07, 6.45) is 0. The second-order valence-corrected chi connectivity index (χ2v) is 4.29. The van der Waals surface area contributed by atoms with Gasteiger partial charge in [-0.05, 0) is 24.6 Å². The van der Waals surface area contributed by atoms with Crippen LogP contribution in [0.4, 0.5) is 5.69 Å². The van der Waals surface area contributed by atoms with Crippen LogP contribution in [-0.4, -0.2) is 29.7 Å². The fraction of sp³-hybridized carbons (Fsp3) is 0.308. The van der Waals surface area contributed by atoms with Gasteiger partial charge in [-0.2, -0.15) is 0 Å². The minimum absolute atomic E-state index is 0.145. The maximum absolute atomic E-state index is 11.8. The quantitative estimate of drug-likeness (QED) is 0.488. The van der Waals surface area contributed by atoms with Gasteiger partial charge in [-0.25, -0.2) is 4.79 Å². The van der Waals surface area contributed by atoms with E-state index in [0.717, 1.165) is 0 Å². The standard InChI is InChI=1S/C13H14N2O5/c1-7-10-8(14(2)11(7)13(16)20-4)5-6-9(19-3)12(10)15(17)18/h5-6H,1-4H3. The van der Waals surface area contributed by atoms with Gasteiger partial charge in [0.1, 0.15) is 5.69 Å². The number of nitro benzene ring substituents is 1. The lowest BCUT2D eigenvalue weighted by molar-refractivity contribution is -0.384. The van der Waals surface area contributed by atoms with Crippen LogP contribution in [0.1, 0.15) is 16.1 Å². The molecule has 0 saturated carbocycles. The molecule has 0 atom stereocenters. The molecule has 106 valence electrons. The topological polar surface area (TPSA) is 83.6 Å². The molecule has 20 heavy (non-hydrogen) atoms. The Morgan fingerprint density at radius 1 is 1.35 bits per heavy atom. The number of esters is 1. The summed E-state index contributed by atoms with van der Waals surface area (Å²) in [6.45, 7) is 1.65. The van der Waals surface area contributed by atoms with Crippen LogP contribution < -0.4 is 4.74 Å². The highest BCUT2D eigenvalue weighted by Crippen LogP contribution is 2.39. The molecular weight excluding hydrogens is 264 g/mol. The number of ether oxygens (including phenoxy) is 2. The molecule has 2 rings (SSSR count). The minimum Gasteiger partial charge on any atom is -0.490 e. The molecular formula is C13H14N2O5. The van der Waals surface area contributed by atoms with E-state index in [4.69, 9.17) is 9.47 Å². The zero-order chi connectivity index (χ0) is 15.0. The van der Waals surface area contributed by atoms with Crippen molar-refractivity contribution in [3.8, 4) is 5.75 Å². The summed E-state index contributed by atoms with van der Waals surface area (Å²) in [7, 11) is 4.31. The van der Waals surface area contributed by atoms with Crippen LogP contribution >= 0.6 is 0 Å². The highest BCUT2D eigenvalue weighted by atomic mass is 16.6. The summed E-state index contributed by atoms with van der Waals surface area (Å²) >= 11 is 0. The van der Waals surface area contributed by atoms with Gasteiger partial charge < -0.3 is 14.0 Å². The van der Waals surface area contributed by atoms with E-state index in [1.54, 1.807) is 24.6 Å². The van der Waals surface area contributed by atoms with E-state index >= 15 is 0 Å². The van der Waals surface area contributed by atoms with Crippen LogP contribution in [0.15, 0.2) is 12.1 Å². The van der Waals surface area contributed by atoms with Crippen molar-refractivity contribution in [2.45, 2.75) is 6.92 Å². The van der Waals surface area contributed by atoms with E-state index in [1.165, 1.54) is 20.3 Å². The summed E-state index contributed by atoms with van der Waals surface area (Å²) < 4.78 is 11.3. The molecule has 0 unspecified atom stereocenters. The third-order valence-corrected chi connectivity index (χ3v) is 3.33. The third-order valence-electron chi connectivity index (χ3n) is 3.33. The number of hydrogen-bond donors (Lipinski definition) is 0. The predicted molar refractivity (Wildman–Crippen MR) is 72.2 cm³/mol. The zero-order valence-corrected chi connectivity index (χ0v) is 11.6. The Morgan fingerprint density at radius 3 is 2.50 bits per heavy atom. The molecule has 0 radical (unpaired) electrons. The maximum Gasteiger partial charge on any atom is 0.354 e. The lowest BCUT2D eigenvalue weighted by Gasteiger charge is -2.03. The number of hydrogen-bond acceptors (Lipinski definition) is 5. The van der Waals surface area contributed by atoms with Crippen molar-refractivity contribution in [1.82, 2.24) is 4.57 Å². The van der Waals surface area contributed by atoms with Gasteiger partial charge in [-0.15, -0.1) is 0 Å². The van der Waals surface area contributed by atoms with Crippen LogP contribution in [-0.2, 0) is 11.8 Å². The van der Waals surface area contributed by atoms with Crippen LogP contribution in [0.5, 0.6) is 5.75 Å². The van der Waals surface area contributed by atoms with E-state index < -0.39 is 10.9 Å². The molecule has 0 bridgehead atoms. The average molecular weight is 278 g/mol. The molecule has 1 heterocycles. The van der Waals surface area contributed by atoms with Crippen molar-refractivity contribution in [3.05, 3.63) is 33.5 Å². The van der Waals surface area contributed by atoms with Crippen LogP contribution in [0.3, 0.4) is 0 Å². The summed E-state index contributed by atoms with van der Waals surface area (Å²) in [6, 6.07) is 3.20. The Hall–Kier alpha value is -2.57. The Morgan fingerprint density at radius 2 is 2.00 bits per heavy atom. The van der Waals surface area contributed by atoms with Gasteiger partial charge in [-0.1, -0.05) is 0 Å². The monoisotopic (exact) mass is 278 g/mol. The van der Waals surface area contributed by atoms with Gasteiger partial charge in [0.2, 0.25) is 0 Å². The van der Waals surface area contributed by atoms with Gasteiger partial charge in [0.15, 0.2) is 5.75 Å². The SMILES string of the molecule is COC(=O)c1c(C)c2c([N+](=O)[O-])c(OC)ccc2n1C. The molecule has 0 N–H and O–H groups in total. The summed E-state index contributed by atoms with van der Waals surface area (Å²) in [5.74, 6) is -0.373. The number of nitrogens with zero attached hydrogens (tertiary/aromatic N) is 2. The van der Waals surface area contributed by atoms with Gasteiger partial charge in [0, 0.05) is 7.05 Å². The summed E-state index contributed by atoms with van der Waals surface area (Å²) in [4.78, 5) is 22.6. The molecule has 0 aliphatic heterocycles. The number of methoxy groups -OCH3 is 2. The van der Waals surface area contributed by atoms with Crippen molar-refractivity contribution < 1.29 is 19.2 Å². The second-order valence-electron chi connectivity index (χ2n) is 4.29. The molecule has 7 nitrogen and oxygen atoms in total. The Kier molecular flexibility index (Phi) is 3.35. The van der Waals surface area contributed by atoms with Gasteiger partial charge in [0.25, 0.3) is 0 Å². The zero-order valence-electron chi connectivity index (χ0n) is 11.6. The van der Waals surface area contributed by atoms with Crippen molar-refractivity contribution in [2.24, 2.45) is 7.05 Å². The number of carbonyl (C=O) groups is 1. The molecule has 0 fully saturated rings. The third kappa shape index (κ3) is 1.78. The van der Waals surface area contributed by atoms with E-state index in [2.05, 4.69) is 0 Å². The number of rotatable bonds is 3. The molecule has 2 aromatic rings. The number of nitro groups is 1. The molecule has 7 heteroatoms. The van der Waals surface area contributed by atoms with Crippen molar-refractivity contribution in [3.63, 3.8) is 0 Å². The Bertz CT molecular complexity index is 717. The molecule has 0 spiro atoms. The van der Waals surface area contributed by atoms with Crippen LogP contribution in [0.2, 0.25) is 0 Å². The molecule has 1 aromatic heterocycles. The van der Waals surface area contributed by atoms with Crippen molar-refractivity contribution in [1.29, 1.82) is 0 Å². The van der Waals surface area contributed by atoms with Gasteiger partial charge in [-0.3, -0.25) is 10.1 Å². The first-order chi connectivity index (χ1) is 9.43. The van der Waals surface area contributed by atoms with E-state index in [9.17, 15) is 14.9 Å². The average Bonchev–Trinajstić information content (AvgIpc) is 2.68. The van der Waals surface area contributed by atoms with Gasteiger partial charge >= 0.3 is 11.7 Å². The maximum atomic E-state index is 11.8. The first-order valence-corrected chi connectivity index (χ1v) is 5.82. The van der Waals surface area contributed by atoms with Crippen molar-refractivity contribution in [2.75, 3.05) is 14.2 Å². The summed E-state index contributed by atoms with van der Waals surface area (Å²) in [5.41, 5.74) is 1.22. The Labute approximate surface area is 114 Å². The van der Waals surface area contributed by atoms with Crippen molar-refractivity contribution >= 4 is 22.6 Å². The van der Waals surface area contributed by atoms with Gasteiger partial charge in [0.05, 0.1) is 30.0 Å². The fourth-order valence-electron chi connectivity index (χ4n) is 2.43. The van der Waals surface area contributed by atoms with E-state index in [-0.39, 0.29) is 11.4 Å². The first kappa shape index (κ1) is 13.9. The number of fused-ring (bicyclic) bond motifs is 1.